The van der Waals surface area contributed by atoms with Crippen LogP contribution < -0.4 is 5.73 Å². The predicted molar refractivity (Wildman–Crippen MR) is 67.6 cm³/mol. The first-order chi connectivity index (χ1) is 8.57. The van der Waals surface area contributed by atoms with Gasteiger partial charge in [-0.05, 0) is 37.9 Å². The van der Waals surface area contributed by atoms with Crippen LogP contribution in [-0.2, 0) is 0 Å². The lowest BCUT2D eigenvalue weighted by Crippen LogP contribution is -2.07. The van der Waals surface area contributed by atoms with Gasteiger partial charge in [-0.1, -0.05) is 18.9 Å². The zero-order chi connectivity index (χ0) is 13.5. The first-order valence-corrected chi connectivity index (χ1v) is 6.25. The maximum atomic E-state index is 13.7. The van der Waals surface area contributed by atoms with E-state index in [1.807, 2.05) is 0 Å². The Hall–Kier alpha value is -1.29. The number of ketones is 1. The molecule has 0 radical (unpaired) electrons. The average molecular weight is 255 g/mol. The monoisotopic (exact) mass is 255 g/mol. The first kappa shape index (κ1) is 14.8. The molecule has 100 valence electrons. The second kappa shape index (κ2) is 7.21. The molecular weight excluding hydrogens is 236 g/mol. The molecule has 1 aromatic carbocycles. The lowest BCUT2D eigenvalue weighted by molar-refractivity contribution is 0.0970. The molecule has 0 saturated carbocycles. The fraction of sp³-hybridized carbons (Fsp3) is 0.500. The summed E-state index contributed by atoms with van der Waals surface area (Å²) < 4.78 is 27.1. The highest BCUT2D eigenvalue weighted by Gasteiger charge is 2.18. The Kier molecular flexibility index (Phi) is 5.92. The van der Waals surface area contributed by atoms with Gasteiger partial charge in [-0.15, -0.1) is 0 Å². The molecular formula is C14H19F2NO. The molecule has 0 bridgehead atoms. The molecule has 0 amide bonds. The van der Waals surface area contributed by atoms with E-state index in [0.717, 1.165) is 25.3 Å². The van der Waals surface area contributed by atoms with Gasteiger partial charge in [-0.25, -0.2) is 8.78 Å². The number of halogens is 2. The van der Waals surface area contributed by atoms with Crippen molar-refractivity contribution in [3.05, 3.63) is 34.9 Å². The smallest absolute Gasteiger partial charge is 0.168 e. The van der Waals surface area contributed by atoms with E-state index in [4.69, 9.17) is 5.73 Å². The van der Waals surface area contributed by atoms with Crippen molar-refractivity contribution in [3.8, 4) is 0 Å². The molecule has 0 saturated heterocycles. The van der Waals surface area contributed by atoms with Crippen molar-refractivity contribution in [3.63, 3.8) is 0 Å². The third kappa shape index (κ3) is 3.88. The number of carbonyl (C=O) groups is 1. The zero-order valence-electron chi connectivity index (χ0n) is 10.6. The molecule has 18 heavy (non-hydrogen) atoms. The summed E-state index contributed by atoms with van der Waals surface area (Å²) >= 11 is 0. The van der Waals surface area contributed by atoms with Gasteiger partial charge in [0, 0.05) is 6.42 Å². The van der Waals surface area contributed by atoms with Crippen LogP contribution >= 0.6 is 0 Å². The third-order valence-corrected chi connectivity index (χ3v) is 2.92. The molecule has 0 aliphatic heterocycles. The number of benzene rings is 1. The Morgan fingerprint density at radius 2 is 1.83 bits per heavy atom. The fourth-order valence-electron chi connectivity index (χ4n) is 1.82. The Balaban J connectivity index is 2.59. The second-order valence-electron chi connectivity index (χ2n) is 4.43. The summed E-state index contributed by atoms with van der Waals surface area (Å²) in [7, 11) is 0. The second-order valence-corrected chi connectivity index (χ2v) is 4.43. The highest BCUT2D eigenvalue weighted by atomic mass is 19.1. The van der Waals surface area contributed by atoms with Crippen molar-refractivity contribution in [1.82, 2.24) is 0 Å². The zero-order valence-corrected chi connectivity index (χ0v) is 10.6. The van der Waals surface area contributed by atoms with E-state index in [0.29, 0.717) is 18.5 Å². The summed E-state index contributed by atoms with van der Waals surface area (Å²) in [6.45, 7) is 2.15. The van der Waals surface area contributed by atoms with Crippen molar-refractivity contribution in [2.45, 2.75) is 39.0 Å². The highest BCUT2D eigenvalue weighted by molar-refractivity contribution is 5.96. The Morgan fingerprint density at radius 3 is 2.50 bits per heavy atom. The number of Topliss-reactive ketones (excluding diaryl/α,β-unsaturated/α-hetero) is 1. The van der Waals surface area contributed by atoms with Crippen molar-refractivity contribution >= 4 is 5.78 Å². The van der Waals surface area contributed by atoms with E-state index < -0.39 is 23.0 Å². The summed E-state index contributed by atoms with van der Waals surface area (Å²) in [4.78, 5) is 11.8. The summed E-state index contributed by atoms with van der Waals surface area (Å²) in [5.41, 5.74) is 5.25. The van der Waals surface area contributed by atoms with E-state index in [9.17, 15) is 13.6 Å². The van der Waals surface area contributed by atoms with Gasteiger partial charge in [0.1, 0.15) is 11.6 Å². The molecule has 0 atom stereocenters. The van der Waals surface area contributed by atoms with E-state index in [1.165, 1.54) is 13.0 Å². The van der Waals surface area contributed by atoms with Crippen molar-refractivity contribution in [2.24, 2.45) is 5.73 Å². The summed E-state index contributed by atoms with van der Waals surface area (Å²) in [6, 6.07) is 2.47. The number of hydrogen-bond acceptors (Lipinski definition) is 2. The van der Waals surface area contributed by atoms with Crippen molar-refractivity contribution < 1.29 is 13.6 Å². The number of rotatable bonds is 7. The molecule has 2 N–H and O–H groups in total. The molecule has 0 aromatic heterocycles. The Bertz CT molecular complexity index is 419. The number of carbonyl (C=O) groups excluding carboxylic acids is 1. The molecule has 4 heteroatoms. The number of unbranched alkanes of at least 4 members (excludes halogenated alkanes) is 3. The Morgan fingerprint density at radius 1 is 1.17 bits per heavy atom. The van der Waals surface area contributed by atoms with Gasteiger partial charge in [0.15, 0.2) is 5.78 Å². The largest absolute Gasteiger partial charge is 0.330 e. The molecule has 0 fully saturated rings. The molecule has 0 aliphatic carbocycles. The van der Waals surface area contributed by atoms with Gasteiger partial charge in [0.05, 0.1) is 5.56 Å². The van der Waals surface area contributed by atoms with Crippen LogP contribution in [0.25, 0.3) is 0 Å². The van der Waals surface area contributed by atoms with E-state index >= 15 is 0 Å². The molecule has 0 heterocycles. The minimum atomic E-state index is -0.773. The maximum absolute atomic E-state index is 13.7. The quantitative estimate of drug-likeness (QED) is 0.599. The van der Waals surface area contributed by atoms with Crippen LogP contribution in [0.3, 0.4) is 0 Å². The molecule has 2 nitrogen and oxygen atoms in total. The molecule has 0 spiro atoms. The SMILES string of the molecule is Cc1ccc(F)c(C(=O)CCCCCCN)c1F. The number of nitrogens with two attached hydrogens (primary N) is 1. The molecule has 1 aromatic rings. The normalized spacial score (nSPS) is 10.7. The molecule has 0 aliphatic rings. The highest BCUT2D eigenvalue weighted by Crippen LogP contribution is 2.19. The van der Waals surface area contributed by atoms with Crippen LogP contribution in [0.2, 0.25) is 0 Å². The maximum Gasteiger partial charge on any atom is 0.168 e. The Labute approximate surface area is 106 Å². The number of hydrogen-bond donors (Lipinski definition) is 1. The van der Waals surface area contributed by atoms with Crippen LogP contribution in [0.1, 0.15) is 48.0 Å². The van der Waals surface area contributed by atoms with E-state index in [1.54, 1.807) is 0 Å². The van der Waals surface area contributed by atoms with E-state index in [-0.39, 0.29) is 6.42 Å². The van der Waals surface area contributed by atoms with Gasteiger partial charge in [-0.2, -0.15) is 0 Å². The van der Waals surface area contributed by atoms with Crippen LogP contribution in [-0.4, -0.2) is 12.3 Å². The molecule has 1 rings (SSSR count). The van der Waals surface area contributed by atoms with Crippen LogP contribution in [0.4, 0.5) is 8.78 Å². The van der Waals surface area contributed by atoms with Gasteiger partial charge in [-0.3, -0.25) is 4.79 Å². The predicted octanol–water partition coefficient (Wildman–Crippen LogP) is 3.37. The van der Waals surface area contributed by atoms with Crippen LogP contribution in [0.5, 0.6) is 0 Å². The lowest BCUT2D eigenvalue weighted by atomic mass is 10.0. The third-order valence-electron chi connectivity index (χ3n) is 2.92. The summed E-state index contributed by atoms with van der Waals surface area (Å²) in [5, 5.41) is 0. The fourth-order valence-corrected chi connectivity index (χ4v) is 1.82. The standard InChI is InChI=1S/C14H19F2NO/c1-10-7-8-11(15)13(14(10)16)12(18)6-4-2-3-5-9-17/h7-8H,2-6,9,17H2,1H3. The summed E-state index contributed by atoms with van der Waals surface area (Å²) in [6.07, 6.45) is 3.55. The summed E-state index contributed by atoms with van der Waals surface area (Å²) in [5.74, 6) is -1.96. The topological polar surface area (TPSA) is 43.1 Å². The van der Waals surface area contributed by atoms with Gasteiger partial charge >= 0.3 is 0 Å². The lowest BCUT2D eigenvalue weighted by Gasteiger charge is -2.06. The average Bonchev–Trinajstić information content (AvgIpc) is 2.34. The minimum Gasteiger partial charge on any atom is -0.330 e. The minimum absolute atomic E-state index is 0.182. The van der Waals surface area contributed by atoms with Crippen molar-refractivity contribution in [2.75, 3.05) is 6.54 Å². The van der Waals surface area contributed by atoms with Gasteiger partial charge in [0.25, 0.3) is 0 Å². The van der Waals surface area contributed by atoms with Crippen LogP contribution in [0.15, 0.2) is 12.1 Å². The molecule has 0 unspecified atom stereocenters. The van der Waals surface area contributed by atoms with E-state index in [2.05, 4.69) is 0 Å². The van der Waals surface area contributed by atoms with Gasteiger partial charge < -0.3 is 5.73 Å². The van der Waals surface area contributed by atoms with Gasteiger partial charge in [0.2, 0.25) is 0 Å². The van der Waals surface area contributed by atoms with Crippen molar-refractivity contribution in [1.29, 1.82) is 0 Å². The van der Waals surface area contributed by atoms with Crippen LogP contribution in [0, 0.1) is 18.6 Å². The first-order valence-electron chi connectivity index (χ1n) is 6.25. The number of aryl methyl sites for hydroxylation is 1.